The van der Waals surface area contributed by atoms with Crippen LogP contribution in [-0.4, -0.2) is 47.6 Å². The predicted octanol–water partition coefficient (Wildman–Crippen LogP) is 3.79. The first-order valence-corrected chi connectivity index (χ1v) is 11.9. The number of rotatable bonds is 7. The number of benzene rings is 1. The summed E-state index contributed by atoms with van der Waals surface area (Å²) >= 11 is 1.61. The second-order valence-electron chi connectivity index (χ2n) is 8.36. The Morgan fingerprint density at radius 1 is 1.17 bits per heavy atom. The molecule has 6 heteroatoms. The van der Waals surface area contributed by atoms with E-state index in [1.54, 1.807) is 24.2 Å². The van der Waals surface area contributed by atoms with Gasteiger partial charge in [-0.1, -0.05) is 12.1 Å². The molecule has 1 aromatic heterocycles. The molecule has 158 valence electrons. The lowest BCUT2D eigenvalue weighted by Crippen LogP contribution is -2.40. The molecule has 5 nitrogen and oxygen atoms in total. The number of piperidine rings is 1. The SMILES string of the molecule is CSc1ccccc1C(=O)N1CCC2(CC1)C[C@H]2C(=O)NCCCc1ccncc1. The number of amides is 2. The molecule has 2 aromatic rings. The Labute approximate surface area is 182 Å². The summed E-state index contributed by atoms with van der Waals surface area (Å²) in [5.74, 6) is 0.430. The molecule has 1 atom stereocenters. The molecule has 2 heterocycles. The van der Waals surface area contributed by atoms with E-state index in [1.807, 2.05) is 47.6 Å². The van der Waals surface area contributed by atoms with Gasteiger partial charge in [0.2, 0.25) is 5.91 Å². The van der Waals surface area contributed by atoms with Crippen LogP contribution in [-0.2, 0) is 11.2 Å². The van der Waals surface area contributed by atoms with Gasteiger partial charge in [0.1, 0.15) is 0 Å². The first-order valence-electron chi connectivity index (χ1n) is 10.7. The Bertz CT molecular complexity index is 894. The lowest BCUT2D eigenvalue weighted by atomic mass is 9.90. The molecule has 0 unspecified atom stereocenters. The van der Waals surface area contributed by atoms with E-state index >= 15 is 0 Å². The minimum absolute atomic E-state index is 0.116. The van der Waals surface area contributed by atoms with Gasteiger partial charge in [0, 0.05) is 42.8 Å². The second kappa shape index (κ2) is 9.21. The number of nitrogens with one attached hydrogen (secondary N) is 1. The number of hydrogen-bond donors (Lipinski definition) is 1. The Morgan fingerprint density at radius 3 is 2.63 bits per heavy atom. The molecule has 1 spiro atoms. The monoisotopic (exact) mass is 423 g/mol. The van der Waals surface area contributed by atoms with Crippen LogP contribution in [0.5, 0.6) is 0 Å². The van der Waals surface area contributed by atoms with Gasteiger partial charge >= 0.3 is 0 Å². The highest BCUT2D eigenvalue weighted by atomic mass is 32.2. The van der Waals surface area contributed by atoms with Crippen molar-refractivity contribution in [2.45, 2.75) is 37.0 Å². The molecule has 2 amide bonds. The summed E-state index contributed by atoms with van der Waals surface area (Å²) in [4.78, 5) is 32.6. The molecule has 4 rings (SSSR count). The fourth-order valence-corrected chi connectivity index (χ4v) is 5.18. The van der Waals surface area contributed by atoms with Crippen LogP contribution in [0, 0.1) is 11.3 Å². The summed E-state index contributed by atoms with van der Waals surface area (Å²) in [5.41, 5.74) is 2.16. The van der Waals surface area contributed by atoms with Crippen molar-refractivity contribution in [3.8, 4) is 0 Å². The average Bonchev–Trinajstić information content (AvgIpc) is 3.50. The first kappa shape index (κ1) is 20.9. The molecular weight excluding hydrogens is 394 g/mol. The zero-order valence-corrected chi connectivity index (χ0v) is 18.3. The van der Waals surface area contributed by atoms with Crippen molar-refractivity contribution in [2.24, 2.45) is 11.3 Å². The average molecular weight is 424 g/mol. The molecular formula is C24H29N3O2S. The minimum Gasteiger partial charge on any atom is -0.356 e. The molecule has 2 aliphatic rings. The third-order valence-corrected chi connectivity index (χ3v) is 7.38. The van der Waals surface area contributed by atoms with E-state index < -0.39 is 0 Å². The number of carbonyl (C=O) groups is 2. The zero-order chi connectivity index (χ0) is 21.0. The highest BCUT2D eigenvalue weighted by molar-refractivity contribution is 7.98. The van der Waals surface area contributed by atoms with Crippen LogP contribution in [0.2, 0.25) is 0 Å². The number of nitrogens with zero attached hydrogens (tertiary/aromatic N) is 2. The van der Waals surface area contributed by atoms with Crippen molar-refractivity contribution in [2.75, 3.05) is 25.9 Å². The van der Waals surface area contributed by atoms with Gasteiger partial charge in [-0.05, 0) is 73.6 Å². The van der Waals surface area contributed by atoms with Gasteiger partial charge in [-0.25, -0.2) is 0 Å². The summed E-state index contributed by atoms with van der Waals surface area (Å²) in [5, 5.41) is 3.12. The smallest absolute Gasteiger partial charge is 0.254 e. The summed E-state index contributed by atoms with van der Waals surface area (Å²) in [6, 6.07) is 11.8. The number of thioether (sulfide) groups is 1. The molecule has 1 aromatic carbocycles. The van der Waals surface area contributed by atoms with Crippen LogP contribution >= 0.6 is 11.8 Å². The second-order valence-corrected chi connectivity index (χ2v) is 9.21. The number of aromatic nitrogens is 1. The van der Waals surface area contributed by atoms with Crippen molar-refractivity contribution in [3.63, 3.8) is 0 Å². The number of aryl methyl sites for hydroxylation is 1. The quantitative estimate of drug-likeness (QED) is 0.544. The molecule has 30 heavy (non-hydrogen) atoms. The van der Waals surface area contributed by atoms with E-state index in [1.165, 1.54) is 5.56 Å². The van der Waals surface area contributed by atoms with E-state index in [-0.39, 0.29) is 23.1 Å². The first-order chi connectivity index (χ1) is 14.6. The van der Waals surface area contributed by atoms with Crippen LogP contribution in [0.25, 0.3) is 0 Å². The topological polar surface area (TPSA) is 62.3 Å². The molecule has 1 aliphatic heterocycles. The van der Waals surface area contributed by atoms with Crippen molar-refractivity contribution in [3.05, 3.63) is 59.9 Å². The third-order valence-electron chi connectivity index (χ3n) is 6.58. The van der Waals surface area contributed by atoms with E-state index in [0.29, 0.717) is 6.54 Å². The molecule has 0 bridgehead atoms. The van der Waals surface area contributed by atoms with Gasteiger partial charge in [-0.2, -0.15) is 0 Å². The standard InChI is InChI=1S/C24H29N3O2S/c1-30-21-7-3-2-6-19(21)23(29)27-15-10-24(11-16-27)17-20(24)22(28)26-12-4-5-18-8-13-25-14-9-18/h2-3,6-9,13-14,20H,4-5,10-12,15-17H2,1H3,(H,26,28)/t20-/m0/s1. The van der Waals surface area contributed by atoms with Crippen molar-refractivity contribution < 1.29 is 9.59 Å². The number of hydrogen-bond acceptors (Lipinski definition) is 4. The van der Waals surface area contributed by atoms with Gasteiger partial charge in [-0.3, -0.25) is 14.6 Å². The Kier molecular flexibility index (Phi) is 6.42. The highest BCUT2D eigenvalue weighted by Gasteiger charge is 2.58. The maximum Gasteiger partial charge on any atom is 0.254 e. The van der Waals surface area contributed by atoms with E-state index in [4.69, 9.17) is 0 Å². The maximum atomic E-state index is 12.9. The minimum atomic E-state index is 0.116. The van der Waals surface area contributed by atoms with Crippen molar-refractivity contribution >= 4 is 23.6 Å². The number of pyridine rings is 1. The van der Waals surface area contributed by atoms with Crippen molar-refractivity contribution in [1.29, 1.82) is 0 Å². The van der Waals surface area contributed by atoms with Crippen LogP contribution in [0.4, 0.5) is 0 Å². The largest absolute Gasteiger partial charge is 0.356 e. The van der Waals surface area contributed by atoms with E-state index in [9.17, 15) is 9.59 Å². The van der Waals surface area contributed by atoms with Gasteiger partial charge < -0.3 is 10.2 Å². The van der Waals surface area contributed by atoms with Gasteiger partial charge in [-0.15, -0.1) is 11.8 Å². The molecule has 1 saturated carbocycles. The van der Waals surface area contributed by atoms with Crippen LogP contribution < -0.4 is 5.32 Å². The normalized spacial score (nSPS) is 19.5. The van der Waals surface area contributed by atoms with Crippen LogP contribution in [0.1, 0.15) is 41.6 Å². The Balaban J connectivity index is 1.22. The van der Waals surface area contributed by atoms with Crippen LogP contribution in [0.3, 0.4) is 0 Å². The van der Waals surface area contributed by atoms with Crippen molar-refractivity contribution in [1.82, 2.24) is 15.2 Å². The molecule has 1 saturated heterocycles. The summed E-state index contributed by atoms with van der Waals surface area (Å²) in [6.07, 6.45) is 10.3. The fourth-order valence-electron chi connectivity index (χ4n) is 4.59. The summed E-state index contributed by atoms with van der Waals surface area (Å²) in [7, 11) is 0. The lowest BCUT2D eigenvalue weighted by molar-refractivity contribution is -0.123. The van der Waals surface area contributed by atoms with E-state index in [2.05, 4.69) is 10.3 Å². The Hall–Kier alpha value is -2.34. The van der Waals surface area contributed by atoms with Gasteiger partial charge in [0.05, 0.1) is 5.56 Å². The lowest BCUT2D eigenvalue weighted by Gasteiger charge is -2.33. The number of likely N-dealkylation sites (tertiary alicyclic amines) is 1. The van der Waals surface area contributed by atoms with Crippen LogP contribution in [0.15, 0.2) is 53.7 Å². The highest BCUT2D eigenvalue weighted by Crippen LogP contribution is 2.59. The summed E-state index contributed by atoms with van der Waals surface area (Å²) < 4.78 is 0. The third kappa shape index (κ3) is 4.53. The maximum absolute atomic E-state index is 12.9. The zero-order valence-electron chi connectivity index (χ0n) is 17.5. The van der Waals surface area contributed by atoms with Gasteiger partial charge in [0.25, 0.3) is 5.91 Å². The van der Waals surface area contributed by atoms with Gasteiger partial charge in [0.15, 0.2) is 0 Å². The predicted molar refractivity (Wildman–Crippen MR) is 119 cm³/mol. The fraction of sp³-hybridized carbons (Fsp3) is 0.458. The number of carbonyl (C=O) groups excluding carboxylic acids is 2. The summed E-state index contributed by atoms with van der Waals surface area (Å²) in [6.45, 7) is 2.20. The Morgan fingerprint density at radius 2 is 1.90 bits per heavy atom. The molecule has 1 aliphatic carbocycles. The molecule has 0 radical (unpaired) electrons. The molecule has 2 fully saturated rings. The molecule has 1 N–H and O–H groups in total. The van der Waals surface area contributed by atoms with E-state index in [0.717, 1.165) is 55.7 Å².